The molecular weight excluding hydrogens is 260 g/mol. The molecule has 2 bridgehead atoms. The van der Waals surface area contributed by atoms with Gasteiger partial charge in [0.2, 0.25) is 0 Å². The fraction of sp³-hybridized carbons (Fsp3) is 0.600. The van der Waals surface area contributed by atoms with Gasteiger partial charge in [0.1, 0.15) is 0 Å². The van der Waals surface area contributed by atoms with Gasteiger partial charge in [-0.3, -0.25) is 0 Å². The van der Waals surface area contributed by atoms with Gasteiger partial charge in [-0.05, 0) is 12.8 Å². The number of aliphatic hydroxyl groups is 1. The first-order chi connectivity index (χ1) is 7.44. The van der Waals surface area contributed by atoms with E-state index in [1.807, 2.05) is 0 Å². The zero-order valence-electron chi connectivity index (χ0n) is 10.4. The fourth-order valence-electron chi connectivity index (χ4n) is 2.37. The van der Waals surface area contributed by atoms with Crippen LogP contribution in [0.3, 0.4) is 0 Å². The maximum Gasteiger partial charge on any atom is 1.00 e. The number of piperidine rings is 1. The number of carbonyl (C=O) groups excluding carboxylic acids is 2. The third-order valence-electron chi connectivity index (χ3n) is 3.28. The molecule has 1 saturated heterocycles. The summed E-state index contributed by atoms with van der Waals surface area (Å²) in [5, 5.41) is 34.0. The Morgan fingerprint density at radius 1 is 1.28 bits per heavy atom. The van der Waals surface area contributed by atoms with Crippen molar-refractivity contribution in [3.8, 4) is 0 Å². The van der Waals surface area contributed by atoms with Crippen LogP contribution >= 0.6 is 0 Å². The molecule has 1 aliphatic heterocycles. The average Bonchev–Trinajstić information content (AvgIpc) is 2.23. The molecule has 1 heterocycles. The number of nitrogens with one attached hydrogen (secondary N) is 1. The van der Waals surface area contributed by atoms with E-state index in [1.165, 1.54) is 12.2 Å². The molecule has 8 heteroatoms. The zero-order valence-corrected chi connectivity index (χ0v) is 14.4. The molecule has 2 N–H and O–H groups in total. The zero-order chi connectivity index (χ0) is 11.9. The summed E-state index contributed by atoms with van der Waals surface area (Å²) in [6, 6.07) is -1.66. The molecule has 0 radical (unpaired) electrons. The standard InChI is InChI=1S/C10H13NO5.2Na/c12-7-1-2-10(9(15)16)3-5(7)11-6(4-10)8(13)14;;/h1-2,5-7,11-12H,3-4H2,(H,13,14)(H,15,16);;/q;2*+1/p-2/t5-,6?,7-,10+;;/m0../s1. The maximum atomic E-state index is 11.1. The van der Waals surface area contributed by atoms with Crippen molar-refractivity contribution in [1.82, 2.24) is 5.32 Å². The molecule has 0 aromatic rings. The van der Waals surface area contributed by atoms with Gasteiger partial charge in [-0.15, -0.1) is 0 Å². The summed E-state index contributed by atoms with van der Waals surface area (Å²) in [5.74, 6) is -2.67. The van der Waals surface area contributed by atoms with Gasteiger partial charge < -0.3 is 30.2 Å². The minimum absolute atomic E-state index is 0. The number of fused-ring (bicyclic) bond motifs is 2. The van der Waals surface area contributed by atoms with Gasteiger partial charge in [0.25, 0.3) is 0 Å². The molecule has 1 unspecified atom stereocenters. The number of rotatable bonds is 2. The van der Waals surface area contributed by atoms with Gasteiger partial charge in [-0.2, -0.15) is 0 Å². The topological polar surface area (TPSA) is 113 Å². The SMILES string of the molecule is O=C([O-])C1C[C@@]2(C(=O)[O-])C=C[C@H](O)[C@H](C2)N1.[Na+].[Na+]. The van der Waals surface area contributed by atoms with Crippen LogP contribution in [-0.2, 0) is 9.59 Å². The predicted octanol–water partition coefficient (Wildman–Crippen LogP) is -9.47. The quantitative estimate of drug-likeness (QED) is 0.381. The Balaban J connectivity index is 0.00000144. The summed E-state index contributed by atoms with van der Waals surface area (Å²) in [4.78, 5) is 21.8. The Morgan fingerprint density at radius 3 is 2.39 bits per heavy atom. The molecule has 0 amide bonds. The number of aliphatic carboxylic acids is 2. The van der Waals surface area contributed by atoms with Gasteiger partial charge in [-0.25, -0.2) is 0 Å². The average molecular weight is 271 g/mol. The van der Waals surface area contributed by atoms with Gasteiger partial charge in [-0.1, -0.05) is 12.2 Å². The van der Waals surface area contributed by atoms with Crippen molar-refractivity contribution in [1.29, 1.82) is 0 Å². The summed E-state index contributed by atoms with van der Waals surface area (Å²) in [6.07, 6.45) is 1.84. The maximum absolute atomic E-state index is 11.1. The minimum atomic E-state index is -1.36. The van der Waals surface area contributed by atoms with Crippen LogP contribution in [0, 0.1) is 5.41 Å². The first-order valence-electron chi connectivity index (χ1n) is 5.00. The van der Waals surface area contributed by atoms with Crippen molar-refractivity contribution in [2.75, 3.05) is 0 Å². The fourth-order valence-corrected chi connectivity index (χ4v) is 2.37. The Kier molecular flexibility index (Phi) is 7.08. The number of hydrogen-bond donors (Lipinski definition) is 2. The second-order valence-corrected chi connectivity index (χ2v) is 4.35. The number of carbonyl (C=O) groups is 2. The van der Waals surface area contributed by atoms with Crippen molar-refractivity contribution in [3.63, 3.8) is 0 Å². The van der Waals surface area contributed by atoms with Crippen molar-refractivity contribution >= 4 is 11.9 Å². The van der Waals surface area contributed by atoms with Gasteiger partial charge >= 0.3 is 59.1 Å². The number of aliphatic hydroxyl groups excluding tert-OH is 1. The number of carboxylic acids is 2. The van der Waals surface area contributed by atoms with Crippen molar-refractivity contribution < 1.29 is 84.0 Å². The molecular formula is C10H11NNa2O5. The molecule has 0 spiro atoms. The van der Waals surface area contributed by atoms with Crippen molar-refractivity contribution in [3.05, 3.63) is 12.2 Å². The smallest absolute Gasteiger partial charge is 0.549 e. The van der Waals surface area contributed by atoms with Crippen LogP contribution in [-0.4, -0.2) is 35.2 Å². The summed E-state index contributed by atoms with van der Waals surface area (Å²) in [6.45, 7) is 0. The summed E-state index contributed by atoms with van der Waals surface area (Å²) in [7, 11) is 0. The Labute approximate surface area is 148 Å². The molecule has 18 heavy (non-hydrogen) atoms. The van der Waals surface area contributed by atoms with Gasteiger partial charge in [0.15, 0.2) is 0 Å². The van der Waals surface area contributed by atoms with E-state index in [1.54, 1.807) is 0 Å². The second kappa shape index (κ2) is 6.85. The first-order valence-corrected chi connectivity index (χ1v) is 5.00. The molecule has 2 rings (SSSR count). The third-order valence-corrected chi connectivity index (χ3v) is 3.28. The molecule has 0 aromatic heterocycles. The van der Waals surface area contributed by atoms with E-state index in [0.29, 0.717) is 0 Å². The molecule has 0 saturated carbocycles. The molecule has 4 atom stereocenters. The van der Waals surface area contributed by atoms with E-state index < -0.39 is 35.5 Å². The van der Waals surface area contributed by atoms with E-state index in [0.717, 1.165) is 0 Å². The first kappa shape index (κ1) is 18.6. The second-order valence-electron chi connectivity index (χ2n) is 4.35. The van der Waals surface area contributed by atoms with E-state index in [2.05, 4.69) is 5.32 Å². The van der Waals surface area contributed by atoms with Crippen LogP contribution in [0.5, 0.6) is 0 Å². The van der Waals surface area contributed by atoms with Crippen molar-refractivity contribution in [2.24, 2.45) is 5.41 Å². The van der Waals surface area contributed by atoms with Crippen LogP contribution in [0.2, 0.25) is 0 Å². The summed E-state index contributed by atoms with van der Waals surface area (Å²) in [5.41, 5.74) is -1.31. The normalized spacial score (nSPS) is 37.1. The summed E-state index contributed by atoms with van der Waals surface area (Å²) < 4.78 is 0. The molecule has 88 valence electrons. The molecule has 2 aliphatic rings. The number of hydrogen-bond acceptors (Lipinski definition) is 6. The van der Waals surface area contributed by atoms with E-state index >= 15 is 0 Å². The largest absolute Gasteiger partial charge is 1.00 e. The molecule has 0 aromatic carbocycles. The molecule has 1 fully saturated rings. The van der Waals surface area contributed by atoms with Crippen molar-refractivity contribution in [2.45, 2.75) is 31.0 Å². The Morgan fingerprint density at radius 2 is 1.89 bits per heavy atom. The van der Waals surface area contributed by atoms with Crippen LogP contribution in [0.15, 0.2) is 12.2 Å². The van der Waals surface area contributed by atoms with Gasteiger partial charge in [0, 0.05) is 17.5 Å². The minimum Gasteiger partial charge on any atom is -0.549 e. The van der Waals surface area contributed by atoms with Crippen LogP contribution < -0.4 is 74.6 Å². The summed E-state index contributed by atoms with van der Waals surface area (Å²) >= 11 is 0. The van der Waals surface area contributed by atoms with Gasteiger partial charge in [0.05, 0.1) is 18.0 Å². The van der Waals surface area contributed by atoms with Crippen LogP contribution in [0.4, 0.5) is 0 Å². The monoisotopic (exact) mass is 271 g/mol. The van der Waals surface area contributed by atoms with E-state index in [9.17, 15) is 24.9 Å². The van der Waals surface area contributed by atoms with E-state index in [-0.39, 0.29) is 72.0 Å². The predicted molar refractivity (Wildman–Crippen MR) is 47.5 cm³/mol. The Bertz CT molecular complexity index is 375. The molecule has 1 aliphatic carbocycles. The van der Waals surface area contributed by atoms with Crippen LogP contribution in [0.1, 0.15) is 12.8 Å². The molecule has 6 nitrogen and oxygen atoms in total. The van der Waals surface area contributed by atoms with Crippen LogP contribution in [0.25, 0.3) is 0 Å². The Hall–Kier alpha value is 0.600. The van der Waals surface area contributed by atoms with E-state index in [4.69, 9.17) is 0 Å². The third kappa shape index (κ3) is 3.37. The number of carboxylic acid groups (broad SMARTS) is 2.